The fraction of sp³-hybridized carbons (Fsp3) is 0.588. The Kier molecular flexibility index (Phi) is 5.50. The third kappa shape index (κ3) is 4.71. The number of carbonyl (C=O) groups is 1. The van der Waals surface area contributed by atoms with Gasteiger partial charge in [-0.15, -0.1) is 0 Å². The molecule has 1 atom stereocenters. The maximum atomic E-state index is 12.0. The first kappa shape index (κ1) is 17.3. The second kappa shape index (κ2) is 7.01. The van der Waals surface area contributed by atoms with Gasteiger partial charge in [-0.05, 0) is 57.2 Å². The molecule has 0 radical (unpaired) electrons. The van der Waals surface area contributed by atoms with E-state index in [1.807, 2.05) is 45.0 Å². The second-order valence-corrected chi connectivity index (χ2v) is 7.72. The van der Waals surface area contributed by atoms with Crippen LogP contribution in [-0.2, 0) is 4.74 Å². The Morgan fingerprint density at radius 3 is 2.32 bits per heavy atom. The Morgan fingerprint density at radius 2 is 1.82 bits per heavy atom. The number of amides is 1. The molecule has 1 heterocycles. The number of hydrogen-bond acceptors (Lipinski definition) is 3. The molecule has 1 aromatic carbocycles. The van der Waals surface area contributed by atoms with E-state index in [1.165, 1.54) is 0 Å². The van der Waals surface area contributed by atoms with Gasteiger partial charge in [0.25, 0.3) is 0 Å². The Balaban J connectivity index is 1.89. The van der Waals surface area contributed by atoms with Crippen LogP contribution in [-0.4, -0.2) is 34.8 Å². The van der Waals surface area contributed by atoms with Crippen LogP contribution in [0, 0.1) is 5.92 Å². The van der Waals surface area contributed by atoms with Crippen LogP contribution < -0.4 is 0 Å². The minimum Gasteiger partial charge on any atom is -0.444 e. The van der Waals surface area contributed by atoms with E-state index >= 15 is 0 Å². The molecule has 1 saturated heterocycles. The summed E-state index contributed by atoms with van der Waals surface area (Å²) in [5.41, 5.74) is 0.462. The molecule has 22 heavy (non-hydrogen) atoms. The molecule has 0 bridgehead atoms. The van der Waals surface area contributed by atoms with Gasteiger partial charge in [0, 0.05) is 17.6 Å². The first-order valence-corrected chi connectivity index (χ1v) is 8.47. The van der Waals surface area contributed by atoms with E-state index in [2.05, 4.69) is 15.9 Å². The van der Waals surface area contributed by atoms with Gasteiger partial charge in [0.15, 0.2) is 0 Å². The summed E-state index contributed by atoms with van der Waals surface area (Å²) in [6.07, 6.45) is 0.838. The van der Waals surface area contributed by atoms with Gasteiger partial charge in [-0.3, -0.25) is 0 Å². The minimum atomic E-state index is -0.478. The molecule has 5 heteroatoms. The van der Waals surface area contributed by atoms with Crippen molar-refractivity contribution in [3.63, 3.8) is 0 Å². The highest BCUT2D eigenvalue weighted by Crippen LogP contribution is 2.31. The molecular formula is C17H24BrNO3. The number of aliphatic hydroxyl groups excluding tert-OH is 1. The predicted octanol–water partition coefficient (Wildman–Crippen LogP) is 4.13. The highest BCUT2D eigenvalue weighted by atomic mass is 79.9. The average molecular weight is 370 g/mol. The van der Waals surface area contributed by atoms with Crippen LogP contribution in [0.2, 0.25) is 0 Å². The van der Waals surface area contributed by atoms with Crippen molar-refractivity contribution in [1.29, 1.82) is 0 Å². The number of carbonyl (C=O) groups excluding carboxylic acids is 1. The number of halogens is 1. The molecule has 1 N–H and O–H groups in total. The molecule has 0 saturated carbocycles. The van der Waals surface area contributed by atoms with Gasteiger partial charge >= 0.3 is 6.09 Å². The van der Waals surface area contributed by atoms with Crippen molar-refractivity contribution in [3.8, 4) is 0 Å². The average Bonchev–Trinajstić information content (AvgIpc) is 2.46. The van der Waals surface area contributed by atoms with Crippen molar-refractivity contribution >= 4 is 22.0 Å². The summed E-state index contributed by atoms with van der Waals surface area (Å²) in [7, 11) is 0. The predicted molar refractivity (Wildman–Crippen MR) is 89.6 cm³/mol. The van der Waals surface area contributed by atoms with Crippen LogP contribution >= 0.6 is 15.9 Å². The van der Waals surface area contributed by atoms with Crippen molar-refractivity contribution < 1.29 is 14.6 Å². The zero-order valence-corrected chi connectivity index (χ0v) is 15.0. The van der Waals surface area contributed by atoms with Crippen LogP contribution in [0.1, 0.15) is 45.3 Å². The maximum Gasteiger partial charge on any atom is 0.410 e. The molecule has 0 spiro atoms. The molecule has 1 unspecified atom stereocenters. The number of aliphatic hydroxyl groups is 1. The molecule has 1 aromatic rings. The standard InChI is InChI=1S/C17H24BrNO3/c1-17(2,3)22-16(21)19-10-8-13(9-11-19)15(20)12-4-6-14(18)7-5-12/h4-7,13,15,20H,8-11H2,1-3H3. The number of likely N-dealkylation sites (tertiary alicyclic amines) is 1. The highest BCUT2D eigenvalue weighted by Gasteiger charge is 2.30. The quantitative estimate of drug-likeness (QED) is 0.852. The van der Waals surface area contributed by atoms with E-state index in [9.17, 15) is 9.90 Å². The molecule has 1 aliphatic heterocycles. The third-order valence-electron chi connectivity index (χ3n) is 3.85. The molecule has 1 amide bonds. The lowest BCUT2D eigenvalue weighted by Crippen LogP contribution is -2.42. The van der Waals surface area contributed by atoms with Crippen molar-refractivity contribution in [1.82, 2.24) is 4.90 Å². The summed E-state index contributed by atoms with van der Waals surface area (Å²) in [5.74, 6) is 0.180. The summed E-state index contributed by atoms with van der Waals surface area (Å²) >= 11 is 3.40. The van der Waals surface area contributed by atoms with Gasteiger partial charge < -0.3 is 14.7 Å². The number of ether oxygens (including phenoxy) is 1. The third-order valence-corrected chi connectivity index (χ3v) is 4.38. The highest BCUT2D eigenvalue weighted by molar-refractivity contribution is 9.10. The van der Waals surface area contributed by atoms with Gasteiger partial charge in [-0.25, -0.2) is 4.79 Å². The van der Waals surface area contributed by atoms with Crippen molar-refractivity contribution in [3.05, 3.63) is 34.3 Å². The van der Waals surface area contributed by atoms with E-state index < -0.39 is 11.7 Å². The first-order valence-electron chi connectivity index (χ1n) is 7.68. The van der Waals surface area contributed by atoms with Crippen molar-refractivity contribution in [2.45, 2.75) is 45.3 Å². The van der Waals surface area contributed by atoms with Crippen LogP contribution in [0.25, 0.3) is 0 Å². The van der Waals surface area contributed by atoms with Crippen LogP contribution in [0.5, 0.6) is 0 Å². The zero-order valence-electron chi connectivity index (χ0n) is 13.4. The van der Waals surface area contributed by atoms with Crippen LogP contribution in [0.4, 0.5) is 4.79 Å². The summed E-state index contributed by atoms with van der Waals surface area (Å²) in [6.45, 7) is 6.87. The van der Waals surface area contributed by atoms with E-state index in [4.69, 9.17) is 4.74 Å². The molecule has 4 nitrogen and oxygen atoms in total. The number of rotatable bonds is 2. The van der Waals surface area contributed by atoms with Crippen molar-refractivity contribution in [2.75, 3.05) is 13.1 Å². The Hall–Kier alpha value is -1.07. The maximum absolute atomic E-state index is 12.0. The lowest BCUT2D eigenvalue weighted by atomic mass is 9.87. The summed E-state index contributed by atoms with van der Waals surface area (Å²) in [4.78, 5) is 13.8. The molecule has 0 aliphatic carbocycles. The minimum absolute atomic E-state index is 0.180. The zero-order chi connectivity index (χ0) is 16.3. The first-order chi connectivity index (χ1) is 10.3. The number of piperidine rings is 1. The molecule has 1 aliphatic rings. The molecule has 1 fully saturated rings. The van der Waals surface area contributed by atoms with Gasteiger partial charge in [0.05, 0.1) is 6.10 Å². The topological polar surface area (TPSA) is 49.8 Å². The second-order valence-electron chi connectivity index (χ2n) is 6.80. The fourth-order valence-electron chi connectivity index (χ4n) is 2.66. The van der Waals surface area contributed by atoms with Crippen LogP contribution in [0.3, 0.4) is 0 Å². The van der Waals surface area contributed by atoms with E-state index in [-0.39, 0.29) is 12.0 Å². The number of nitrogens with zero attached hydrogens (tertiary/aromatic N) is 1. The van der Waals surface area contributed by atoms with Gasteiger partial charge in [0.2, 0.25) is 0 Å². The molecular weight excluding hydrogens is 346 g/mol. The van der Waals surface area contributed by atoms with E-state index in [0.717, 1.165) is 22.9 Å². The van der Waals surface area contributed by atoms with Gasteiger partial charge in [0.1, 0.15) is 5.60 Å². The molecule has 2 rings (SSSR count). The van der Waals surface area contributed by atoms with E-state index in [0.29, 0.717) is 13.1 Å². The SMILES string of the molecule is CC(C)(C)OC(=O)N1CCC(C(O)c2ccc(Br)cc2)CC1. The number of benzene rings is 1. The Morgan fingerprint density at radius 1 is 1.27 bits per heavy atom. The molecule has 122 valence electrons. The summed E-state index contributed by atoms with van der Waals surface area (Å²) < 4.78 is 6.39. The summed E-state index contributed by atoms with van der Waals surface area (Å²) in [6, 6.07) is 7.76. The van der Waals surface area contributed by atoms with Crippen molar-refractivity contribution in [2.24, 2.45) is 5.92 Å². The smallest absolute Gasteiger partial charge is 0.410 e. The summed E-state index contributed by atoms with van der Waals surface area (Å²) in [5, 5.41) is 10.5. The van der Waals surface area contributed by atoms with Gasteiger partial charge in [-0.2, -0.15) is 0 Å². The normalized spacial score (nSPS) is 18.1. The number of hydrogen-bond donors (Lipinski definition) is 1. The molecule has 0 aromatic heterocycles. The Bertz CT molecular complexity index is 502. The monoisotopic (exact) mass is 369 g/mol. The largest absolute Gasteiger partial charge is 0.444 e. The Labute approximate surface area is 140 Å². The van der Waals surface area contributed by atoms with Crippen LogP contribution in [0.15, 0.2) is 28.7 Å². The lowest BCUT2D eigenvalue weighted by molar-refractivity contribution is 0.00767. The van der Waals surface area contributed by atoms with E-state index in [1.54, 1.807) is 4.90 Å². The lowest BCUT2D eigenvalue weighted by Gasteiger charge is -2.35. The fourth-order valence-corrected chi connectivity index (χ4v) is 2.92. The van der Waals surface area contributed by atoms with Gasteiger partial charge in [-0.1, -0.05) is 28.1 Å².